The number of rotatable bonds is 6. The molecule has 0 saturated heterocycles. The lowest BCUT2D eigenvalue weighted by atomic mass is 9.92. The molecule has 1 fully saturated rings. The second-order valence-corrected chi connectivity index (χ2v) is 7.83. The minimum Gasteiger partial charge on any atom is -0.351 e. The minimum absolute atomic E-state index is 0. The van der Waals surface area contributed by atoms with Crippen LogP contribution in [0, 0.1) is 5.82 Å². The summed E-state index contributed by atoms with van der Waals surface area (Å²) in [6, 6.07) is 14.9. The lowest BCUT2D eigenvalue weighted by molar-refractivity contribution is 0.0949. The molecule has 1 saturated carbocycles. The average molecular weight is 431 g/mol. The topological polar surface area (TPSA) is 82.9 Å². The number of hydrogen-bond acceptors (Lipinski definition) is 3. The number of halogens is 2. The third kappa shape index (κ3) is 5.39. The molecule has 0 radical (unpaired) electrons. The van der Waals surface area contributed by atoms with Gasteiger partial charge in [-0.1, -0.05) is 30.7 Å². The molecule has 3 aromatic rings. The smallest absolute Gasteiger partial charge is 0.267 e. The molecular weight excluding hydrogens is 403 g/mol. The lowest BCUT2D eigenvalue weighted by Gasteiger charge is -2.27. The van der Waals surface area contributed by atoms with Crippen molar-refractivity contribution >= 4 is 29.2 Å². The van der Waals surface area contributed by atoms with E-state index in [0.29, 0.717) is 24.3 Å². The molecule has 0 bridgehead atoms. The van der Waals surface area contributed by atoms with E-state index in [-0.39, 0.29) is 24.1 Å². The van der Waals surface area contributed by atoms with Crippen LogP contribution in [0.15, 0.2) is 48.5 Å². The first-order valence-corrected chi connectivity index (χ1v) is 10.2. The highest BCUT2D eigenvalue weighted by atomic mass is 35.5. The van der Waals surface area contributed by atoms with E-state index in [1.54, 1.807) is 12.1 Å². The van der Waals surface area contributed by atoms with Gasteiger partial charge in [0.05, 0.1) is 0 Å². The van der Waals surface area contributed by atoms with Crippen LogP contribution in [0.4, 0.5) is 4.39 Å². The summed E-state index contributed by atoms with van der Waals surface area (Å²) in [6.45, 7) is 1.30. The molecule has 0 aliphatic heterocycles. The molecule has 1 heterocycles. The van der Waals surface area contributed by atoms with Gasteiger partial charge in [-0.15, -0.1) is 12.4 Å². The Morgan fingerprint density at radius 1 is 1.07 bits per heavy atom. The maximum Gasteiger partial charge on any atom is 0.267 e. The summed E-state index contributed by atoms with van der Waals surface area (Å²) in [5, 5.41) is 7.41. The number of aromatic nitrogens is 1. The van der Waals surface area contributed by atoms with Gasteiger partial charge in [-0.25, -0.2) is 4.39 Å². The van der Waals surface area contributed by atoms with Gasteiger partial charge in [-0.3, -0.25) is 4.79 Å². The van der Waals surface area contributed by atoms with Crippen LogP contribution in [0.3, 0.4) is 0 Å². The van der Waals surface area contributed by atoms with E-state index < -0.39 is 0 Å². The van der Waals surface area contributed by atoms with Gasteiger partial charge in [0.15, 0.2) is 0 Å². The maximum absolute atomic E-state index is 13.1. The molecule has 1 amide bonds. The molecule has 30 heavy (non-hydrogen) atoms. The van der Waals surface area contributed by atoms with Crippen LogP contribution in [-0.2, 0) is 0 Å². The molecule has 2 unspecified atom stereocenters. The van der Waals surface area contributed by atoms with Gasteiger partial charge in [0.2, 0.25) is 0 Å². The summed E-state index contributed by atoms with van der Waals surface area (Å²) < 4.78 is 13.1. The van der Waals surface area contributed by atoms with E-state index in [0.717, 1.165) is 47.8 Å². The minimum atomic E-state index is -0.255. The predicted molar refractivity (Wildman–Crippen MR) is 122 cm³/mol. The fraction of sp³-hybridized carbons (Fsp3) is 0.348. The van der Waals surface area contributed by atoms with Crippen molar-refractivity contribution < 1.29 is 9.18 Å². The van der Waals surface area contributed by atoms with Gasteiger partial charge in [0, 0.05) is 36.1 Å². The second kappa shape index (κ2) is 10.1. The van der Waals surface area contributed by atoms with Crippen molar-refractivity contribution in [1.82, 2.24) is 15.6 Å². The van der Waals surface area contributed by atoms with Crippen molar-refractivity contribution in [2.75, 3.05) is 13.1 Å². The highest BCUT2D eigenvalue weighted by molar-refractivity contribution is 5.98. The van der Waals surface area contributed by atoms with Crippen molar-refractivity contribution in [3.8, 4) is 11.1 Å². The first kappa shape index (κ1) is 22.3. The Bertz CT molecular complexity index is 989. The average Bonchev–Trinajstić information content (AvgIpc) is 3.15. The number of H-pyrrole nitrogens is 1. The number of nitrogens with one attached hydrogen (secondary N) is 3. The van der Waals surface area contributed by atoms with Crippen LogP contribution in [0.5, 0.6) is 0 Å². The molecule has 1 aliphatic carbocycles. The van der Waals surface area contributed by atoms with Gasteiger partial charge in [-0.05, 0) is 54.7 Å². The molecule has 4 rings (SSSR count). The molecule has 2 atom stereocenters. The van der Waals surface area contributed by atoms with Gasteiger partial charge in [-0.2, -0.15) is 0 Å². The molecule has 1 aliphatic rings. The number of hydrogen-bond donors (Lipinski definition) is 4. The summed E-state index contributed by atoms with van der Waals surface area (Å²) in [7, 11) is 0. The fourth-order valence-electron chi connectivity index (χ4n) is 4.03. The normalized spacial score (nSPS) is 18.7. The predicted octanol–water partition coefficient (Wildman–Crippen LogP) is 3.99. The van der Waals surface area contributed by atoms with Gasteiger partial charge >= 0.3 is 0 Å². The standard InChI is InChI=1S/C23H27FN4O.ClH/c24-18-8-6-15(7-9-18)16-4-5-17-13-22(28-21(17)12-16)23(29)27-11-10-26-20-3-1-2-19(25)14-20;/h4-9,12-13,19-20,26,28H,1-3,10-11,14,25H2,(H,27,29);1H. The molecule has 7 heteroatoms. The van der Waals surface area contributed by atoms with E-state index in [2.05, 4.69) is 15.6 Å². The molecule has 0 spiro atoms. The maximum atomic E-state index is 13.1. The summed E-state index contributed by atoms with van der Waals surface area (Å²) in [4.78, 5) is 15.7. The van der Waals surface area contributed by atoms with E-state index in [9.17, 15) is 9.18 Å². The Kier molecular flexibility index (Phi) is 7.48. The van der Waals surface area contributed by atoms with Crippen LogP contribution in [0.2, 0.25) is 0 Å². The van der Waals surface area contributed by atoms with Crippen LogP contribution in [0.1, 0.15) is 36.2 Å². The van der Waals surface area contributed by atoms with Crippen molar-refractivity contribution in [2.24, 2.45) is 5.73 Å². The zero-order valence-electron chi connectivity index (χ0n) is 16.8. The Morgan fingerprint density at radius 2 is 1.83 bits per heavy atom. The van der Waals surface area contributed by atoms with Crippen molar-refractivity contribution in [2.45, 2.75) is 37.8 Å². The Morgan fingerprint density at radius 3 is 2.60 bits per heavy atom. The van der Waals surface area contributed by atoms with Crippen molar-refractivity contribution in [3.63, 3.8) is 0 Å². The number of amides is 1. The van der Waals surface area contributed by atoms with Crippen LogP contribution >= 0.6 is 12.4 Å². The summed E-state index contributed by atoms with van der Waals surface area (Å²) in [6.07, 6.45) is 4.44. The third-order valence-corrected chi connectivity index (χ3v) is 5.60. The SMILES string of the molecule is Cl.NC1CCCC(NCCNC(=O)c2cc3ccc(-c4ccc(F)cc4)cc3[nH]2)C1. The first-order chi connectivity index (χ1) is 14.1. The molecule has 2 aromatic carbocycles. The Labute approximate surface area is 182 Å². The van der Waals surface area contributed by atoms with E-state index >= 15 is 0 Å². The van der Waals surface area contributed by atoms with E-state index in [1.165, 1.54) is 18.6 Å². The second-order valence-electron chi connectivity index (χ2n) is 7.83. The summed E-state index contributed by atoms with van der Waals surface area (Å²) >= 11 is 0. The third-order valence-electron chi connectivity index (χ3n) is 5.60. The molecule has 1 aromatic heterocycles. The Balaban J connectivity index is 0.00000256. The van der Waals surface area contributed by atoms with Gasteiger partial charge in [0.25, 0.3) is 5.91 Å². The van der Waals surface area contributed by atoms with Crippen molar-refractivity contribution in [3.05, 3.63) is 60.0 Å². The highest BCUT2D eigenvalue weighted by Gasteiger charge is 2.18. The molecule has 5 N–H and O–H groups in total. The molecule has 160 valence electrons. The van der Waals surface area contributed by atoms with Crippen molar-refractivity contribution in [1.29, 1.82) is 0 Å². The Hall–Kier alpha value is -2.41. The zero-order valence-corrected chi connectivity index (χ0v) is 17.6. The lowest BCUT2D eigenvalue weighted by Crippen LogP contribution is -2.42. The number of fused-ring (bicyclic) bond motifs is 1. The number of carbonyl (C=O) groups excluding carboxylic acids is 1. The van der Waals surface area contributed by atoms with Crippen LogP contribution in [0.25, 0.3) is 22.0 Å². The number of nitrogens with two attached hydrogens (primary N) is 1. The number of benzene rings is 2. The van der Waals surface area contributed by atoms with E-state index in [4.69, 9.17) is 5.73 Å². The van der Waals surface area contributed by atoms with E-state index in [1.807, 2.05) is 24.3 Å². The van der Waals surface area contributed by atoms with Crippen LogP contribution in [-0.4, -0.2) is 36.1 Å². The molecular formula is C23H28ClFN4O. The first-order valence-electron chi connectivity index (χ1n) is 10.2. The highest BCUT2D eigenvalue weighted by Crippen LogP contribution is 2.25. The number of aromatic amines is 1. The van der Waals surface area contributed by atoms with Gasteiger partial charge in [0.1, 0.15) is 11.5 Å². The number of carbonyl (C=O) groups is 1. The summed E-state index contributed by atoms with van der Waals surface area (Å²) in [5.41, 5.74) is 9.34. The largest absolute Gasteiger partial charge is 0.351 e. The van der Waals surface area contributed by atoms with Gasteiger partial charge < -0.3 is 21.4 Å². The zero-order chi connectivity index (χ0) is 20.2. The van der Waals surface area contributed by atoms with Crippen LogP contribution < -0.4 is 16.4 Å². The summed E-state index contributed by atoms with van der Waals surface area (Å²) in [5.74, 6) is -0.374. The monoisotopic (exact) mass is 430 g/mol. The fourth-order valence-corrected chi connectivity index (χ4v) is 4.03. The molecule has 5 nitrogen and oxygen atoms in total. The quantitative estimate of drug-likeness (QED) is 0.446.